The average Bonchev–Trinajstić information content (AvgIpc) is 3.30. The molecule has 0 bridgehead atoms. The third-order valence-electron chi connectivity index (χ3n) is 4.85. The number of esters is 1. The van der Waals surface area contributed by atoms with Crippen molar-refractivity contribution < 1.29 is 14.3 Å². The number of hydrogen-bond acceptors (Lipinski definition) is 7. The number of anilines is 1. The molecule has 0 aliphatic carbocycles. The molecular formula is C22H18N6O3. The van der Waals surface area contributed by atoms with E-state index < -0.39 is 5.97 Å². The molecule has 2 N–H and O–H groups in total. The number of carbonyl (C=O) groups is 1. The first-order valence-electron chi connectivity index (χ1n) is 9.49. The van der Waals surface area contributed by atoms with Crippen molar-refractivity contribution >= 4 is 28.5 Å². The zero-order chi connectivity index (χ0) is 21.5. The second-order valence-corrected chi connectivity index (χ2v) is 7.14. The first kappa shape index (κ1) is 18.6. The number of nitrogens with zero attached hydrogens (tertiary/aromatic N) is 5. The van der Waals surface area contributed by atoms with Gasteiger partial charge in [0, 0.05) is 31.6 Å². The number of aryl methyl sites for hydroxylation is 2. The summed E-state index contributed by atoms with van der Waals surface area (Å²) in [6, 6.07) is 12.5. The van der Waals surface area contributed by atoms with Gasteiger partial charge in [-0.3, -0.25) is 0 Å². The Morgan fingerprint density at radius 1 is 1.06 bits per heavy atom. The molecule has 3 aromatic heterocycles. The van der Waals surface area contributed by atoms with Crippen molar-refractivity contribution in [3.05, 3.63) is 72.3 Å². The molecule has 0 amide bonds. The molecule has 0 fully saturated rings. The summed E-state index contributed by atoms with van der Waals surface area (Å²) in [5.41, 5.74) is 9.16. The monoisotopic (exact) mass is 414 g/mol. The fourth-order valence-electron chi connectivity index (χ4n) is 3.27. The van der Waals surface area contributed by atoms with E-state index in [0.717, 1.165) is 16.6 Å². The van der Waals surface area contributed by atoms with Gasteiger partial charge in [0.1, 0.15) is 23.1 Å². The number of hydrogen-bond donors (Lipinski definition) is 1. The van der Waals surface area contributed by atoms with Crippen molar-refractivity contribution in [1.29, 1.82) is 0 Å². The predicted molar refractivity (Wildman–Crippen MR) is 114 cm³/mol. The SMILES string of the molecule is Cc1cc(OC(=O)c2cnc3cc(N)nn3c2)ccc1Oc1ccc2c(c1)ncn2C. The number of benzene rings is 2. The topological polar surface area (TPSA) is 110 Å². The number of imidazole rings is 1. The summed E-state index contributed by atoms with van der Waals surface area (Å²) < 4.78 is 14.9. The van der Waals surface area contributed by atoms with E-state index in [1.165, 1.54) is 16.9 Å². The van der Waals surface area contributed by atoms with E-state index in [2.05, 4.69) is 15.1 Å². The van der Waals surface area contributed by atoms with Crippen LogP contribution in [0.25, 0.3) is 16.7 Å². The fourth-order valence-corrected chi connectivity index (χ4v) is 3.27. The quantitative estimate of drug-likeness (QED) is 0.354. The number of nitrogen functional groups attached to an aromatic ring is 1. The number of fused-ring (bicyclic) bond motifs is 2. The molecule has 9 heteroatoms. The summed E-state index contributed by atoms with van der Waals surface area (Å²) in [6.07, 6.45) is 4.72. The molecule has 3 heterocycles. The fraction of sp³-hybridized carbons (Fsp3) is 0.0909. The average molecular weight is 414 g/mol. The van der Waals surface area contributed by atoms with Crippen molar-refractivity contribution in [2.45, 2.75) is 6.92 Å². The molecule has 0 radical (unpaired) electrons. The standard InChI is InChI=1S/C22H18N6O3/c1-13-7-15(31-22(29)14-10-24-21-9-20(23)26-28(21)11-14)4-6-19(13)30-16-3-5-18-17(8-16)25-12-27(18)2/h3-12H,1-2H3,(H2,23,26). The lowest BCUT2D eigenvalue weighted by atomic mass is 10.2. The van der Waals surface area contributed by atoms with Crippen molar-refractivity contribution in [3.63, 3.8) is 0 Å². The van der Waals surface area contributed by atoms with Crippen LogP contribution in [-0.2, 0) is 7.05 Å². The molecule has 0 aliphatic rings. The lowest BCUT2D eigenvalue weighted by Gasteiger charge is -2.11. The Balaban J connectivity index is 1.33. The van der Waals surface area contributed by atoms with E-state index in [1.807, 2.05) is 36.7 Å². The Morgan fingerprint density at radius 2 is 1.90 bits per heavy atom. The van der Waals surface area contributed by atoms with E-state index in [9.17, 15) is 4.79 Å². The zero-order valence-electron chi connectivity index (χ0n) is 16.8. The Hall–Kier alpha value is -4.40. The first-order chi connectivity index (χ1) is 15.0. The largest absolute Gasteiger partial charge is 0.457 e. The maximum absolute atomic E-state index is 12.5. The van der Waals surface area contributed by atoms with Gasteiger partial charge >= 0.3 is 5.97 Å². The van der Waals surface area contributed by atoms with Crippen molar-refractivity contribution in [1.82, 2.24) is 24.1 Å². The summed E-state index contributed by atoms with van der Waals surface area (Å²) in [4.78, 5) is 21.0. The molecule has 0 spiro atoms. The van der Waals surface area contributed by atoms with Crippen molar-refractivity contribution in [2.24, 2.45) is 7.05 Å². The Bertz CT molecular complexity index is 1450. The van der Waals surface area contributed by atoms with Gasteiger partial charge in [-0.1, -0.05) is 0 Å². The second-order valence-electron chi connectivity index (χ2n) is 7.14. The van der Waals surface area contributed by atoms with Crippen LogP contribution in [0.5, 0.6) is 17.2 Å². The summed E-state index contributed by atoms with van der Waals surface area (Å²) in [6.45, 7) is 1.88. The minimum absolute atomic E-state index is 0.261. The van der Waals surface area contributed by atoms with Gasteiger partial charge in [-0.15, -0.1) is 5.10 Å². The van der Waals surface area contributed by atoms with Crippen LogP contribution < -0.4 is 15.2 Å². The van der Waals surface area contributed by atoms with E-state index >= 15 is 0 Å². The molecule has 0 saturated carbocycles. The van der Waals surface area contributed by atoms with E-state index in [0.29, 0.717) is 28.7 Å². The Labute approximate surface area is 176 Å². The summed E-state index contributed by atoms with van der Waals surface area (Å²) >= 11 is 0. The van der Waals surface area contributed by atoms with E-state index in [1.54, 1.807) is 30.6 Å². The molecule has 2 aromatic carbocycles. The van der Waals surface area contributed by atoms with Gasteiger partial charge in [-0.05, 0) is 42.8 Å². The van der Waals surface area contributed by atoms with Crippen LogP contribution in [-0.4, -0.2) is 30.1 Å². The number of nitrogens with two attached hydrogens (primary N) is 1. The predicted octanol–water partition coefficient (Wildman–Crippen LogP) is 3.52. The molecule has 0 aliphatic heterocycles. The van der Waals surface area contributed by atoms with Crippen LogP contribution in [0.15, 0.2) is 61.2 Å². The Kier molecular flexibility index (Phi) is 4.28. The Morgan fingerprint density at radius 3 is 2.74 bits per heavy atom. The van der Waals surface area contributed by atoms with E-state index in [4.69, 9.17) is 15.2 Å². The zero-order valence-corrected chi connectivity index (χ0v) is 16.8. The van der Waals surface area contributed by atoms with Gasteiger partial charge in [-0.2, -0.15) is 0 Å². The highest BCUT2D eigenvalue weighted by atomic mass is 16.5. The van der Waals surface area contributed by atoms with Gasteiger partial charge in [0.25, 0.3) is 0 Å². The minimum atomic E-state index is -0.544. The van der Waals surface area contributed by atoms with Crippen LogP contribution in [0.4, 0.5) is 5.82 Å². The summed E-state index contributed by atoms with van der Waals surface area (Å²) in [5.74, 6) is 1.51. The molecule has 5 aromatic rings. The van der Waals surface area contributed by atoms with Crippen LogP contribution in [0.2, 0.25) is 0 Å². The van der Waals surface area contributed by atoms with Crippen LogP contribution >= 0.6 is 0 Å². The van der Waals surface area contributed by atoms with Gasteiger partial charge in [0.2, 0.25) is 0 Å². The van der Waals surface area contributed by atoms with Crippen LogP contribution in [0, 0.1) is 6.92 Å². The lowest BCUT2D eigenvalue weighted by molar-refractivity contribution is 0.0733. The molecular weight excluding hydrogens is 396 g/mol. The lowest BCUT2D eigenvalue weighted by Crippen LogP contribution is -2.10. The molecule has 0 unspecified atom stereocenters. The molecule has 0 atom stereocenters. The maximum Gasteiger partial charge on any atom is 0.346 e. The van der Waals surface area contributed by atoms with Gasteiger partial charge in [0.15, 0.2) is 5.65 Å². The maximum atomic E-state index is 12.5. The number of rotatable bonds is 4. The third-order valence-corrected chi connectivity index (χ3v) is 4.85. The summed E-state index contributed by atoms with van der Waals surface area (Å²) in [5, 5.41) is 4.05. The normalized spacial score (nSPS) is 11.2. The van der Waals surface area contributed by atoms with Crippen LogP contribution in [0.3, 0.4) is 0 Å². The van der Waals surface area contributed by atoms with Gasteiger partial charge < -0.3 is 19.8 Å². The number of ether oxygens (including phenoxy) is 2. The minimum Gasteiger partial charge on any atom is -0.457 e. The molecule has 5 rings (SSSR count). The molecule has 154 valence electrons. The highest BCUT2D eigenvalue weighted by Gasteiger charge is 2.13. The van der Waals surface area contributed by atoms with Crippen molar-refractivity contribution in [2.75, 3.05) is 5.73 Å². The van der Waals surface area contributed by atoms with E-state index in [-0.39, 0.29) is 5.56 Å². The first-order valence-corrected chi connectivity index (χ1v) is 9.49. The number of carbonyl (C=O) groups excluding carboxylic acids is 1. The third kappa shape index (κ3) is 3.52. The molecule has 31 heavy (non-hydrogen) atoms. The highest BCUT2D eigenvalue weighted by molar-refractivity contribution is 5.90. The highest BCUT2D eigenvalue weighted by Crippen LogP contribution is 2.30. The van der Waals surface area contributed by atoms with Crippen LogP contribution in [0.1, 0.15) is 15.9 Å². The molecule has 9 nitrogen and oxygen atoms in total. The molecule has 0 saturated heterocycles. The smallest absolute Gasteiger partial charge is 0.346 e. The van der Waals surface area contributed by atoms with Gasteiger partial charge in [0.05, 0.1) is 22.9 Å². The number of aromatic nitrogens is 5. The summed E-state index contributed by atoms with van der Waals surface area (Å²) in [7, 11) is 1.94. The van der Waals surface area contributed by atoms with Crippen molar-refractivity contribution in [3.8, 4) is 17.2 Å². The second kappa shape index (κ2) is 7.13. The van der Waals surface area contributed by atoms with Gasteiger partial charge in [-0.25, -0.2) is 19.3 Å².